The molecule has 5 rings (SSSR count). The lowest BCUT2D eigenvalue weighted by atomic mass is 10.1. The van der Waals surface area contributed by atoms with E-state index in [0.717, 1.165) is 21.6 Å². The van der Waals surface area contributed by atoms with Crippen molar-refractivity contribution >= 4 is 51.1 Å². The van der Waals surface area contributed by atoms with Gasteiger partial charge < -0.3 is 10.0 Å². The Kier molecular flexibility index (Phi) is 9.65. The number of urea groups is 1. The van der Waals surface area contributed by atoms with Crippen LogP contribution in [0.3, 0.4) is 0 Å². The lowest BCUT2D eigenvalue weighted by Gasteiger charge is -2.17. The summed E-state index contributed by atoms with van der Waals surface area (Å²) in [5, 5.41) is 13.2. The summed E-state index contributed by atoms with van der Waals surface area (Å²) in [5.74, 6) is -0.692. The fraction of sp³-hybridized carbons (Fsp3) is 0.152. The van der Waals surface area contributed by atoms with Crippen molar-refractivity contribution in [2.45, 2.75) is 29.6 Å². The molecule has 45 heavy (non-hydrogen) atoms. The van der Waals surface area contributed by atoms with Gasteiger partial charge in [-0.3, -0.25) is 4.79 Å². The molecule has 0 atom stereocenters. The van der Waals surface area contributed by atoms with Gasteiger partial charge in [0.2, 0.25) is 0 Å². The minimum Gasteiger partial charge on any atom is -0.478 e. The van der Waals surface area contributed by atoms with Gasteiger partial charge >= 0.3 is 12.0 Å². The van der Waals surface area contributed by atoms with Crippen LogP contribution in [0.15, 0.2) is 112 Å². The topological polar surface area (TPSA) is 145 Å². The predicted molar refractivity (Wildman–Crippen MR) is 173 cm³/mol. The van der Waals surface area contributed by atoms with Crippen molar-refractivity contribution in [2.24, 2.45) is 5.10 Å². The van der Waals surface area contributed by atoms with E-state index in [9.17, 15) is 22.8 Å². The number of anilines is 1. The van der Waals surface area contributed by atoms with Crippen molar-refractivity contribution in [3.63, 3.8) is 0 Å². The largest absolute Gasteiger partial charge is 0.478 e. The summed E-state index contributed by atoms with van der Waals surface area (Å²) >= 11 is 1.56. The average molecular weight is 643 g/mol. The Morgan fingerprint density at radius 3 is 2.27 bits per heavy atom. The third kappa shape index (κ3) is 7.78. The molecule has 0 radical (unpaired) electrons. The SMILES string of the molecule is Cc1ccc(S(=O)(=O)NC(=O)N/N=C2\C(=O)N(CCc3ccccc3)c3ccc(SCCc4ccc(C(=O)O)cc4)cc32)cc1. The van der Waals surface area contributed by atoms with E-state index in [0.29, 0.717) is 36.4 Å². The van der Waals surface area contributed by atoms with Gasteiger partial charge in [0.05, 0.1) is 16.1 Å². The fourth-order valence-corrected chi connectivity index (χ4v) is 6.57. The predicted octanol–water partition coefficient (Wildman–Crippen LogP) is 5.01. The van der Waals surface area contributed by atoms with Crippen molar-refractivity contribution in [3.8, 4) is 0 Å². The smallest absolute Gasteiger partial charge is 0.349 e. The number of fused-ring (bicyclic) bond motifs is 1. The molecule has 12 heteroatoms. The summed E-state index contributed by atoms with van der Waals surface area (Å²) < 4.78 is 27.2. The maximum Gasteiger partial charge on any atom is 0.349 e. The van der Waals surface area contributed by atoms with E-state index in [1.165, 1.54) is 12.1 Å². The minimum absolute atomic E-state index is 0.00680. The Labute approximate surface area is 265 Å². The Bertz CT molecular complexity index is 1860. The van der Waals surface area contributed by atoms with Crippen molar-refractivity contribution in [2.75, 3.05) is 17.2 Å². The van der Waals surface area contributed by atoms with Crippen LogP contribution in [0.25, 0.3) is 0 Å². The number of aryl methyl sites for hydroxylation is 2. The van der Waals surface area contributed by atoms with Gasteiger partial charge in [0, 0.05) is 22.8 Å². The van der Waals surface area contributed by atoms with Gasteiger partial charge in [-0.25, -0.2) is 28.2 Å². The van der Waals surface area contributed by atoms with E-state index in [1.54, 1.807) is 53.1 Å². The molecule has 0 saturated carbocycles. The number of carboxylic acid groups (broad SMARTS) is 1. The van der Waals surface area contributed by atoms with E-state index in [1.807, 2.05) is 60.2 Å². The highest BCUT2D eigenvalue weighted by atomic mass is 32.2. The number of sulfonamides is 1. The molecule has 0 bridgehead atoms. The number of carbonyl (C=O) groups is 3. The Hall–Kier alpha value is -4.94. The van der Waals surface area contributed by atoms with Crippen LogP contribution in [-0.4, -0.2) is 49.4 Å². The number of hydrogen-bond donors (Lipinski definition) is 3. The highest BCUT2D eigenvalue weighted by molar-refractivity contribution is 7.99. The molecule has 0 unspecified atom stereocenters. The standard InChI is InChI=1S/C33H30N4O6S2/c1-22-7-14-27(15-8-22)45(42,43)36-33(41)35-34-30-28-21-26(44-20-18-24-9-11-25(12-10-24)32(39)40)13-16-29(28)37(31(30)38)19-17-23-5-3-2-4-6-23/h2-16,21H,17-20H2,1H3,(H,39,40)(H2,35,36,41)/b34-30-. The number of nitrogens with one attached hydrogen (secondary N) is 2. The normalized spacial score (nSPS) is 13.5. The van der Waals surface area contributed by atoms with Crippen molar-refractivity contribution in [3.05, 3.63) is 125 Å². The van der Waals surface area contributed by atoms with Crippen LogP contribution in [0.4, 0.5) is 10.5 Å². The minimum atomic E-state index is -4.15. The second-order valence-electron chi connectivity index (χ2n) is 10.3. The first kappa shape index (κ1) is 31.5. The van der Waals surface area contributed by atoms with Crippen LogP contribution in [0.5, 0.6) is 0 Å². The van der Waals surface area contributed by atoms with Gasteiger partial charge in [0.1, 0.15) is 0 Å². The summed E-state index contributed by atoms with van der Waals surface area (Å²) in [4.78, 5) is 39.7. The third-order valence-electron chi connectivity index (χ3n) is 7.12. The first-order chi connectivity index (χ1) is 21.6. The summed E-state index contributed by atoms with van der Waals surface area (Å²) in [6.07, 6.45) is 1.29. The second kappa shape index (κ2) is 13.8. The average Bonchev–Trinajstić information content (AvgIpc) is 3.29. The number of thioether (sulfide) groups is 1. The van der Waals surface area contributed by atoms with Crippen LogP contribution in [0.1, 0.15) is 32.6 Å². The number of rotatable bonds is 11. The third-order valence-corrected chi connectivity index (χ3v) is 9.46. The van der Waals surface area contributed by atoms with Crippen LogP contribution in [-0.2, 0) is 27.7 Å². The molecule has 0 spiro atoms. The van der Waals surface area contributed by atoms with Crippen molar-refractivity contribution < 1.29 is 27.9 Å². The van der Waals surface area contributed by atoms with Gasteiger partial charge in [0.25, 0.3) is 15.9 Å². The quantitative estimate of drug-likeness (QED) is 0.154. The van der Waals surface area contributed by atoms with Crippen LogP contribution >= 0.6 is 11.8 Å². The zero-order valence-electron chi connectivity index (χ0n) is 24.3. The zero-order chi connectivity index (χ0) is 32.0. The summed E-state index contributed by atoms with van der Waals surface area (Å²) in [5.41, 5.74) is 6.48. The molecule has 4 aromatic carbocycles. The Morgan fingerprint density at radius 2 is 1.58 bits per heavy atom. The van der Waals surface area contributed by atoms with Gasteiger partial charge in [-0.2, -0.15) is 5.10 Å². The van der Waals surface area contributed by atoms with Gasteiger partial charge in [-0.05, 0) is 73.4 Å². The van der Waals surface area contributed by atoms with Crippen molar-refractivity contribution in [1.29, 1.82) is 0 Å². The number of aromatic carboxylic acids is 1. The van der Waals surface area contributed by atoms with Crippen LogP contribution in [0.2, 0.25) is 0 Å². The lowest BCUT2D eigenvalue weighted by molar-refractivity contribution is -0.112. The van der Waals surface area contributed by atoms with Crippen LogP contribution in [0, 0.1) is 6.92 Å². The zero-order valence-corrected chi connectivity index (χ0v) is 25.9. The number of hydrogen-bond acceptors (Lipinski definition) is 7. The number of carboxylic acids is 1. The van der Waals surface area contributed by atoms with E-state index >= 15 is 0 Å². The number of amides is 3. The summed E-state index contributed by atoms with van der Waals surface area (Å²) in [6, 6.07) is 27.0. The molecule has 0 saturated heterocycles. The Balaban J connectivity index is 1.33. The molecule has 1 heterocycles. The highest BCUT2D eigenvalue weighted by Crippen LogP contribution is 2.33. The number of hydrazone groups is 1. The number of benzene rings is 4. The monoisotopic (exact) mass is 642 g/mol. The van der Waals surface area contributed by atoms with Crippen LogP contribution < -0.4 is 15.0 Å². The van der Waals surface area contributed by atoms with Gasteiger partial charge in [0.15, 0.2) is 5.71 Å². The second-order valence-corrected chi connectivity index (χ2v) is 13.1. The molecule has 0 aliphatic carbocycles. The number of nitrogens with zero attached hydrogens (tertiary/aromatic N) is 2. The molecule has 1 aliphatic heterocycles. The van der Waals surface area contributed by atoms with E-state index in [2.05, 4.69) is 10.5 Å². The first-order valence-corrected chi connectivity index (χ1v) is 16.5. The lowest BCUT2D eigenvalue weighted by Crippen LogP contribution is -2.38. The molecule has 1 aliphatic rings. The molecular weight excluding hydrogens is 613 g/mol. The van der Waals surface area contributed by atoms with Gasteiger partial charge in [-0.15, -0.1) is 11.8 Å². The summed E-state index contributed by atoms with van der Waals surface area (Å²) in [6.45, 7) is 2.19. The van der Waals surface area contributed by atoms with E-state index < -0.39 is 27.9 Å². The molecule has 10 nitrogen and oxygen atoms in total. The van der Waals surface area contributed by atoms with E-state index in [-0.39, 0.29) is 16.2 Å². The molecule has 3 amide bonds. The maximum atomic E-state index is 13.6. The number of carbonyl (C=O) groups excluding carboxylic acids is 2. The maximum absolute atomic E-state index is 13.6. The van der Waals surface area contributed by atoms with Crippen molar-refractivity contribution in [1.82, 2.24) is 10.1 Å². The molecule has 0 fully saturated rings. The van der Waals surface area contributed by atoms with E-state index in [4.69, 9.17) is 5.11 Å². The Morgan fingerprint density at radius 1 is 0.889 bits per heavy atom. The molecule has 4 aromatic rings. The molecular formula is C33H30N4O6S2. The molecule has 0 aromatic heterocycles. The molecule has 230 valence electrons. The van der Waals surface area contributed by atoms with Gasteiger partial charge in [-0.1, -0.05) is 60.2 Å². The highest BCUT2D eigenvalue weighted by Gasteiger charge is 2.34. The summed E-state index contributed by atoms with van der Waals surface area (Å²) in [7, 11) is -4.15. The first-order valence-electron chi connectivity index (χ1n) is 14.0. The molecule has 3 N–H and O–H groups in total. The fourth-order valence-electron chi connectivity index (χ4n) is 4.73.